The number of rotatable bonds is 9. The van der Waals surface area contributed by atoms with Crippen molar-refractivity contribution in [3.05, 3.63) is 76.5 Å². The summed E-state index contributed by atoms with van der Waals surface area (Å²) in [7, 11) is 0. The van der Waals surface area contributed by atoms with Gasteiger partial charge in [-0.1, -0.05) is 50.2 Å². The summed E-state index contributed by atoms with van der Waals surface area (Å²) < 4.78 is 2.21. The van der Waals surface area contributed by atoms with E-state index < -0.39 is 0 Å². The normalized spacial score (nSPS) is 11.8. The molecule has 0 aliphatic carbocycles. The molecule has 5 nitrogen and oxygen atoms in total. The van der Waals surface area contributed by atoms with Crippen LogP contribution in [0.2, 0.25) is 0 Å². The number of thiophene rings is 1. The Labute approximate surface area is 201 Å². The third-order valence-corrected chi connectivity index (χ3v) is 6.04. The molecule has 0 saturated carbocycles. The van der Waals surface area contributed by atoms with Crippen LogP contribution in [0.25, 0.3) is 0 Å². The molecule has 0 unspecified atom stereocenters. The molecule has 2 N–H and O–H groups in total. The maximum atomic E-state index is 4.82. The number of imidazole rings is 1. The predicted molar refractivity (Wildman–Crippen MR) is 138 cm³/mol. The second-order valence-electron chi connectivity index (χ2n) is 7.69. The van der Waals surface area contributed by atoms with Crippen LogP contribution in [-0.4, -0.2) is 35.1 Å². The minimum atomic E-state index is 0. The van der Waals surface area contributed by atoms with Gasteiger partial charge in [-0.3, -0.25) is 4.99 Å². The molecule has 3 rings (SSSR count). The zero-order chi connectivity index (χ0) is 20.5. The quantitative estimate of drug-likeness (QED) is 0.237. The number of hydrogen-bond donors (Lipinski definition) is 2. The number of guanidine groups is 1. The lowest BCUT2D eigenvalue weighted by molar-refractivity contribution is 0.548. The molecule has 0 amide bonds. The highest BCUT2D eigenvalue weighted by molar-refractivity contribution is 14.0. The van der Waals surface area contributed by atoms with Crippen LogP contribution in [0.15, 0.2) is 65.2 Å². The molecule has 2 aromatic heterocycles. The van der Waals surface area contributed by atoms with E-state index in [0.717, 1.165) is 44.4 Å². The van der Waals surface area contributed by atoms with E-state index in [1.165, 1.54) is 10.4 Å². The van der Waals surface area contributed by atoms with E-state index >= 15 is 0 Å². The first-order chi connectivity index (χ1) is 14.1. The number of halogens is 1. The minimum Gasteiger partial charge on any atom is -0.357 e. The van der Waals surface area contributed by atoms with Gasteiger partial charge in [0.05, 0.1) is 6.54 Å². The molecular formula is C23H32IN5S. The summed E-state index contributed by atoms with van der Waals surface area (Å²) in [5.74, 6) is 1.94. The van der Waals surface area contributed by atoms with Crippen molar-refractivity contribution >= 4 is 41.3 Å². The Hall–Kier alpha value is -1.87. The van der Waals surface area contributed by atoms with Gasteiger partial charge in [0, 0.05) is 48.7 Å². The van der Waals surface area contributed by atoms with Crippen molar-refractivity contribution in [2.75, 3.05) is 19.6 Å². The van der Waals surface area contributed by atoms with E-state index in [4.69, 9.17) is 4.99 Å². The number of aliphatic imine (C=N–C) groups is 1. The minimum absolute atomic E-state index is 0. The molecule has 0 bridgehead atoms. The third-order valence-electron chi connectivity index (χ3n) is 4.80. The summed E-state index contributed by atoms with van der Waals surface area (Å²) in [6, 6.07) is 14.8. The maximum absolute atomic E-state index is 4.82. The molecule has 0 atom stereocenters. The standard InChI is InChI=1S/C23H31N5S.HI/c1-4-24-22(27-18-23(2,3)20-11-8-16-29-20)26-13-12-21-25-14-15-28(21)17-19-9-6-5-7-10-19;/h5-11,14-16H,4,12-13,17-18H2,1-3H3,(H2,24,26,27);1H. The summed E-state index contributed by atoms with van der Waals surface area (Å²) in [6.07, 6.45) is 4.77. The fourth-order valence-corrected chi connectivity index (χ4v) is 3.99. The van der Waals surface area contributed by atoms with Crippen molar-refractivity contribution in [1.29, 1.82) is 0 Å². The van der Waals surface area contributed by atoms with Crippen LogP contribution in [0, 0.1) is 0 Å². The second kappa shape index (κ2) is 12.1. The Balaban J connectivity index is 0.00000320. The Bertz CT molecular complexity index is 887. The first-order valence-corrected chi connectivity index (χ1v) is 11.1. The molecular weight excluding hydrogens is 505 g/mol. The third kappa shape index (κ3) is 7.12. The van der Waals surface area contributed by atoms with Crippen molar-refractivity contribution < 1.29 is 0 Å². The molecule has 162 valence electrons. The highest BCUT2D eigenvalue weighted by Gasteiger charge is 2.21. The van der Waals surface area contributed by atoms with Gasteiger partial charge in [0.15, 0.2) is 5.96 Å². The molecule has 7 heteroatoms. The lowest BCUT2D eigenvalue weighted by atomic mass is 9.92. The van der Waals surface area contributed by atoms with Gasteiger partial charge >= 0.3 is 0 Å². The Morgan fingerprint density at radius 3 is 2.63 bits per heavy atom. The lowest BCUT2D eigenvalue weighted by Gasteiger charge is -2.22. The molecule has 2 heterocycles. The van der Waals surface area contributed by atoms with E-state index in [2.05, 4.69) is 82.7 Å². The van der Waals surface area contributed by atoms with Crippen LogP contribution >= 0.6 is 35.3 Å². The molecule has 1 aromatic carbocycles. The van der Waals surface area contributed by atoms with Gasteiger partial charge in [-0.2, -0.15) is 0 Å². The molecule has 30 heavy (non-hydrogen) atoms. The largest absolute Gasteiger partial charge is 0.357 e. The van der Waals surface area contributed by atoms with Crippen LogP contribution in [0.5, 0.6) is 0 Å². The van der Waals surface area contributed by atoms with Crippen LogP contribution in [0.3, 0.4) is 0 Å². The number of aromatic nitrogens is 2. The van der Waals surface area contributed by atoms with E-state index in [9.17, 15) is 0 Å². The Kier molecular flexibility index (Phi) is 9.84. The number of nitrogens with zero attached hydrogens (tertiary/aromatic N) is 3. The number of benzene rings is 1. The maximum Gasteiger partial charge on any atom is 0.191 e. The second-order valence-corrected chi connectivity index (χ2v) is 8.64. The monoisotopic (exact) mass is 537 g/mol. The zero-order valence-corrected chi connectivity index (χ0v) is 21.1. The SMILES string of the molecule is CCNC(=NCC(C)(C)c1cccs1)NCCc1nccn1Cc1ccccc1.I. The van der Waals surface area contributed by atoms with Crippen molar-refractivity contribution in [3.63, 3.8) is 0 Å². The van der Waals surface area contributed by atoms with Crippen LogP contribution in [0.1, 0.15) is 37.0 Å². The first-order valence-electron chi connectivity index (χ1n) is 10.2. The molecule has 3 aromatic rings. The summed E-state index contributed by atoms with van der Waals surface area (Å²) in [6.45, 7) is 9.79. The average molecular weight is 538 g/mol. The number of hydrogen-bond acceptors (Lipinski definition) is 3. The van der Waals surface area contributed by atoms with Crippen molar-refractivity contribution in [2.24, 2.45) is 4.99 Å². The first kappa shape index (κ1) is 24.4. The fourth-order valence-electron chi connectivity index (χ4n) is 3.15. The Morgan fingerprint density at radius 1 is 1.13 bits per heavy atom. The van der Waals surface area contributed by atoms with Gasteiger partial charge in [-0.05, 0) is 23.9 Å². The number of nitrogens with one attached hydrogen (secondary N) is 2. The highest BCUT2D eigenvalue weighted by atomic mass is 127. The average Bonchev–Trinajstić information content (AvgIpc) is 3.40. The van der Waals surface area contributed by atoms with Crippen LogP contribution < -0.4 is 10.6 Å². The lowest BCUT2D eigenvalue weighted by Crippen LogP contribution is -2.39. The molecule has 0 fully saturated rings. The van der Waals surface area contributed by atoms with Crippen molar-refractivity contribution in [1.82, 2.24) is 20.2 Å². The van der Waals surface area contributed by atoms with Crippen molar-refractivity contribution in [3.8, 4) is 0 Å². The fraction of sp³-hybridized carbons (Fsp3) is 0.391. The molecule has 0 spiro atoms. The van der Waals surface area contributed by atoms with E-state index in [-0.39, 0.29) is 29.4 Å². The van der Waals surface area contributed by atoms with Gasteiger partial charge in [0.25, 0.3) is 0 Å². The van der Waals surface area contributed by atoms with Gasteiger partial charge < -0.3 is 15.2 Å². The van der Waals surface area contributed by atoms with Crippen LogP contribution in [-0.2, 0) is 18.4 Å². The summed E-state index contributed by atoms with van der Waals surface area (Å²) in [5, 5.41) is 8.93. The Morgan fingerprint density at radius 2 is 1.93 bits per heavy atom. The predicted octanol–water partition coefficient (Wildman–Crippen LogP) is 4.69. The molecule has 0 aliphatic rings. The smallest absolute Gasteiger partial charge is 0.191 e. The molecule has 0 radical (unpaired) electrons. The van der Waals surface area contributed by atoms with Gasteiger partial charge in [-0.25, -0.2) is 4.98 Å². The molecule has 0 saturated heterocycles. The van der Waals surface area contributed by atoms with E-state index in [0.29, 0.717) is 0 Å². The summed E-state index contributed by atoms with van der Waals surface area (Å²) in [4.78, 5) is 10.7. The summed E-state index contributed by atoms with van der Waals surface area (Å²) >= 11 is 1.79. The summed E-state index contributed by atoms with van der Waals surface area (Å²) in [5.41, 5.74) is 1.31. The van der Waals surface area contributed by atoms with Gasteiger partial charge in [0.2, 0.25) is 0 Å². The highest BCUT2D eigenvalue weighted by Crippen LogP contribution is 2.27. The van der Waals surface area contributed by atoms with E-state index in [1.54, 1.807) is 11.3 Å². The van der Waals surface area contributed by atoms with Gasteiger partial charge in [0.1, 0.15) is 5.82 Å². The van der Waals surface area contributed by atoms with E-state index in [1.807, 2.05) is 18.5 Å². The van der Waals surface area contributed by atoms with Gasteiger partial charge in [-0.15, -0.1) is 35.3 Å². The molecule has 0 aliphatic heterocycles. The van der Waals surface area contributed by atoms with Crippen molar-refractivity contribution in [2.45, 2.75) is 39.2 Å². The zero-order valence-electron chi connectivity index (χ0n) is 18.0. The van der Waals surface area contributed by atoms with Crippen LogP contribution in [0.4, 0.5) is 0 Å². The topological polar surface area (TPSA) is 54.2 Å².